The summed E-state index contributed by atoms with van der Waals surface area (Å²) in [4.78, 5) is 5.24. The number of hydrogen-bond donors (Lipinski definition) is 1. The van der Waals surface area contributed by atoms with E-state index in [2.05, 4.69) is 30.7 Å². The van der Waals surface area contributed by atoms with Crippen LogP contribution in [-0.2, 0) is 0 Å². The number of hydrogen-bond acceptors (Lipinski definition) is 3. The molecule has 1 aliphatic heterocycles. The Bertz CT molecular complexity index is 235. The van der Waals surface area contributed by atoms with Gasteiger partial charge in [0.15, 0.2) is 0 Å². The van der Waals surface area contributed by atoms with E-state index >= 15 is 0 Å². The molecule has 1 unspecified atom stereocenters. The monoisotopic (exact) mass is 225 g/mol. The average Bonchev–Trinajstić information content (AvgIpc) is 2.96. The van der Waals surface area contributed by atoms with Gasteiger partial charge in [-0.15, -0.1) is 0 Å². The lowest BCUT2D eigenvalue weighted by atomic mass is 9.92. The molecule has 3 nitrogen and oxygen atoms in total. The van der Waals surface area contributed by atoms with Crippen LogP contribution in [0.4, 0.5) is 0 Å². The molecule has 1 saturated heterocycles. The third-order valence-electron chi connectivity index (χ3n) is 3.94. The van der Waals surface area contributed by atoms with E-state index in [-0.39, 0.29) is 0 Å². The highest BCUT2D eigenvalue weighted by atomic mass is 15.3. The first-order chi connectivity index (χ1) is 7.52. The Hall–Kier alpha value is -0.120. The molecule has 0 radical (unpaired) electrons. The predicted octanol–water partition coefficient (Wildman–Crippen LogP) is 1.14. The quantitative estimate of drug-likeness (QED) is 0.782. The number of nitrogens with zero attached hydrogens (tertiary/aromatic N) is 2. The van der Waals surface area contributed by atoms with Crippen molar-refractivity contribution >= 4 is 0 Å². The van der Waals surface area contributed by atoms with Gasteiger partial charge in [0.25, 0.3) is 0 Å². The smallest absolute Gasteiger partial charge is 0.0232 e. The van der Waals surface area contributed by atoms with Crippen molar-refractivity contribution in [1.29, 1.82) is 0 Å². The zero-order chi connectivity index (χ0) is 11.8. The lowest BCUT2D eigenvalue weighted by Gasteiger charge is -2.30. The molecule has 0 amide bonds. The van der Waals surface area contributed by atoms with Gasteiger partial charge in [-0.3, -0.25) is 4.90 Å². The molecule has 0 bridgehead atoms. The van der Waals surface area contributed by atoms with Crippen LogP contribution in [0.3, 0.4) is 0 Å². The Morgan fingerprint density at radius 3 is 2.50 bits per heavy atom. The number of likely N-dealkylation sites (N-methyl/N-ethyl adjacent to an activating group) is 1. The Kier molecular flexibility index (Phi) is 3.57. The molecule has 94 valence electrons. The molecule has 1 aliphatic carbocycles. The van der Waals surface area contributed by atoms with E-state index in [0.717, 1.165) is 19.0 Å². The van der Waals surface area contributed by atoms with E-state index in [1.165, 1.54) is 32.5 Å². The van der Waals surface area contributed by atoms with Gasteiger partial charge in [0.05, 0.1) is 0 Å². The molecule has 3 heteroatoms. The second kappa shape index (κ2) is 4.63. The van der Waals surface area contributed by atoms with Crippen LogP contribution >= 0.6 is 0 Å². The fourth-order valence-electron chi connectivity index (χ4n) is 3.10. The van der Waals surface area contributed by atoms with Crippen LogP contribution in [0.15, 0.2) is 0 Å². The van der Waals surface area contributed by atoms with Crippen LogP contribution in [-0.4, -0.2) is 55.1 Å². The van der Waals surface area contributed by atoms with Gasteiger partial charge in [0, 0.05) is 31.7 Å². The molecule has 2 aliphatic rings. The first kappa shape index (κ1) is 12.3. The molecular formula is C13H27N3. The van der Waals surface area contributed by atoms with Crippen LogP contribution in [0.5, 0.6) is 0 Å². The molecule has 1 atom stereocenters. The van der Waals surface area contributed by atoms with Gasteiger partial charge in [-0.1, -0.05) is 13.8 Å². The standard InChI is InChI=1S/C13H27N3/c1-13(2)9-15(3)12(6-7-14)8-16(10-13)11-4-5-11/h11-12H,4-10,14H2,1-3H3. The van der Waals surface area contributed by atoms with Crippen molar-refractivity contribution in [1.82, 2.24) is 9.80 Å². The largest absolute Gasteiger partial charge is 0.330 e. The molecule has 0 aromatic heterocycles. The van der Waals surface area contributed by atoms with Crippen LogP contribution in [0, 0.1) is 5.41 Å². The van der Waals surface area contributed by atoms with Gasteiger partial charge < -0.3 is 10.6 Å². The van der Waals surface area contributed by atoms with Crippen LogP contribution in [0.1, 0.15) is 33.1 Å². The summed E-state index contributed by atoms with van der Waals surface area (Å²) < 4.78 is 0. The van der Waals surface area contributed by atoms with Gasteiger partial charge >= 0.3 is 0 Å². The van der Waals surface area contributed by atoms with Gasteiger partial charge in [0.2, 0.25) is 0 Å². The lowest BCUT2D eigenvalue weighted by molar-refractivity contribution is 0.186. The highest BCUT2D eigenvalue weighted by molar-refractivity contribution is 4.93. The minimum atomic E-state index is 0.417. The van der Waals surface area contributed by atoms with Crippen LogP contribution in [0.25, 0.3) is 0 Å². The maximum atomic E-state index is 5.73. The van der Waals surface area contributed by atoms with Gasteiger partial charge in [-0.05, 0) is 38.3 Å². The summed E-state index contributed by atoms with van der Waals surface area (Å²) in [6, 6.07) is 1.54. The molecule has 0 aromatic carbocycles. The minimum absolute atomic E-state index is 0.417. The molecule has 1 heterocycles. The SMILES string of the molecule is CN1CC(C)(C)CN(C2CC2)CC1CCN. The van der Waals surface area contributed by atoms with E-state index in [1.807, 2.05) is 0 Å². The van der Waals surface area contributed by atoms with E-state index < -0.39 is 0 Å². The highest BCUT2D eigenvalue weighted by Crippen LogP contribution is 2.33. The second-order valence-electron chi connectivity index (χ2n) is 6.47. The molecule has 2 fully saturated rings. The van der Waals surface area contributed by atoms with Crippen LogP contribution < -0.4 is 5.73 Å². The predicted molar refractivity (Wildman–Crippen MR) is 68.5 cm³/mol. The number of rotatable bonds is 3. The van der Waals surface area contributed by atoms with Crippen molar-refractivity contribution in [3.63, 3.8) is 0 Å². The molecule has 0 spiro atoms. The maximum absolute atomic E-state index is 5.73. The van der Waals surface area contributed by atoms with E-state index in [0.29, 0.717) is 11.5 Å². The fourth-order valence-corrected chi connectivity index (χ4v) is 3.10. The van der Waals surface area contributed by atoms with Gasteiger partial charge in [-0.25, -0.2) is 0 Å². The summed E-state index contributed by atoms with van der Waals surface area (Å²) in [6.45, 7) is 9.27. The highest BCUT2D eigenvalue weighted by Gasteiger charge is 2.38. The summed E-state index contributed by atoms with van der Waals surface area (Å²) in [6.07, 6.45) is 3.96. The normalized spacial score (nSPS) is 32.6. The van der Waals surface area contributed by atoms with Crippen molar-refractivity contribution in [3.05, 3.63) is 0 Å². The Labute approximate surface area is 100.0 Å². The molecule has 1 saturated carbocycles. The van der Waals surface area contributed by atoms with Crippen molar-refractivity contribution in [3.8, 4) is 0 Å². The van der Waals surface area contributed by atoms with Crippen molar-refractivity contribution in [2.75, 3.05) is 33.2 Å². The first-order valence-corrected chi connectivity index (χ1v) is 6.66. The van der Waals surface area contributed by atoms with E-state index in [9.17, 15) is 0 Å². The van der Waals surface area contributed by atoms with Gasteiger partial charge in [-0.2, -0.15) is 0 Å². The topological polar surface area (TPSA) is 32.5 Å². The second-order valence-corrected chi connectivity index (χ2v) is 6.47. The minimum Gasteiger partial charge on any atom is -0.330 e. The number of nitrogens with two attached hydrogens (primary N) is 1. The van der Waals surface area contributed by atoms with Crippen molar-refractivity contribution < 1.29 is 0 Å². The zero-order valence-corrected chi connectivity index (χ0v) is 11.1. The molecular weight excluding hydrogens is 198 g/mol. The van der Waals surface area contributed by atoms with Crippen LogP contribution in [0.2, 0.25) is 0 Å². The lowest BCUT2D eigenvalue weighted by Crippen LogP contribution is -2.40. The summed E-state index contributed by atoms with van der Waals surface area (Å²) in [5.74, 6) is 0. The molecule has 2 N–H and O–H groups in total. The average molecular weight is 225 g/mol. The summed E-state index contributed by atoms with van der Waals surface area (Å²) in [5, 5.41) is 0. The van der Waals surface area contributed by atoms with E-state index in [1.54, 1.807) is 0 Å². The zero-order valence-electron chi connectivity index (χ0n) is 11.1. The summed E-state index contributed by atoms with van der Waals surface area (Å²) in [7, 11) is 2.26. The summed E-state index contributed by atoms with van der Waals surface area (Å²) in [5.41, 5.74) is 6.15. The molecule has 16 heavy (non-hydrogen) atoms. The molecule has 0 aromatic rings. The van der Waals surface area contributed by atoms with Crippen molar-refractivity contribution in [2.45, 2.75) is 45.2 Å². The fraction of sp³-hybridized carbons (Fsp3) is 1.00. The van der Waals surface area contributed by atoms with Crippen molar-refractivity contribution in [2.24, 2.45) is 11.1 Å². The van der Waals surface area contributed by atoms with Gasteiger partial charge in [0.1, 0.15) is 0 Å². The van der Waals surface area contributed by atoms with E-state index in [4.69, 9.17) is 5.73 Å². The third kappa shape index (κ3) is 2.96. The third-order valence-corrected chi connectivity index (χ3v) is 3.94. The Morgan fingerprint density at radius 2 is 1.94 bits per heavy atom. The Morgan fingerprint density at radius 1 is 1.25 bits per heavy atom. The maximum Gasteiger partial charge on any atom is 0.0232 e. The molecule has 2 rings (SSSR count). The summed E-state index contributed by atoms with van der Waals surface area (Å²) >= 11 is 0. The Balaban J connectivity index is 2.05. The first-order valence-electron chi connectivity index (χ1n) is 6.66.